The van der Waals surface area contributed by atoms with Crippen molar-refractivity contribution in [1.29, 1.82) is 0 Å². The first kappa shape index (κ1) is 15.4. The van der Waals surface area contributed by atoms with Crippen LogP contribution in [0.1, 0.15) is 17.5 Å². The van der Waals surface area contributed by atoms with E-state index in [1.165, 1.54) is 0 Å². The van der Waals surface area contributed by atoms with Gasteiger partial charge in [0.05, 0.1) is 17.3 Å². The van der Waals surface area contributed by atoms with Crippen LogP contribution in [0.25, 0.3) is 0 Å². The van der Waals surface area contributed by atoms with Gasteiger partial charge in [-0.1, -0.05) is 24.3 Å². The van der Waals surface area contributed by atoms with Crippen molar-refractivity contribution in [3.63, 3.8) is 0 Å². The molecule has 0 bridgehead atoms. The van der Waals surface area contributed by atoms with Crippen molar-refractivity contribution in [2.75, 3.05) is 11.5 Å². The Morgan fingerprint density at radius 1 is 1.30 bits per heavy atom. The van der Waals surface area contributed by atoms with Gasteiger partial charge in [-0.3, -0.25) is 0 Å². The van der Waals surface area contributed by atoms with Crippen LogP contribution < -0.4 is 10.5 Å². The van der Waals surface area contributed by atoms with Crippen LogP contribution in [0.15, 0.2) is 24.3 Å². The van der Waals surface area contributed by atoms with Gasteiger partial charge in [0.15, 0.2) is 9.84 Å². The van der Waals surface area contributed by atoms with Crippen LogP contribution in [0.2, 0.25) is 0 Å². The fourth-order valence-electron chi connectivity index (χ4n) is 2.25. The third-order valence-corrected chi connectivity index (χ3v) is 6.34. The summed E-state index contributed by atoms with van der Waals surface area (Å²) in [6.45, 7) is 0.349. The minimum Gasteiger partial charge on any atom is -0.326 e. The molecule has 8 heteroatoms. The summed E-state index contributed by atoms with van der Waals surface area (Å²) < 4.78 is 49.2. The summed E-state index contributed by atoms with van der Waals surface area (Å²) in [4.78, 5) is 0. The maximum Gasteiger partial charge on any atom is 0.216 e. The van der Waals surface area contributed by atoms with Gasteiger partial charge in [-0.25, -0.2) is 21.6 Å². The summed E-state index contributed by atoms with van der Waals surface area (Å²) in [7, 11) is -6.64. The lowest BCUT2D eigenvalue weighted by Crippen LogP contribution is -2.36. The van der Waals surface area contributed by atoms with E-state index in [1.54, 1.807) is 18.2 Å². The predicted molar refractivity (Wildman–Crippen MR) is 77.2 cm³/mol. The van der Waals surface area contributed by atoms with E-state index in [0.29, 0.717) is 18.5 Å². The molecule has 20 heavy (non-hydrogen) atoms. The molecule has 2 rings (SSSR count). The Balaban J connectivity index is 2.04. The van der Waals surface area contributed by atoms with Gasteiger partial charge in [0, 0.05) is 12.6 Å². The van der Waals surface area contributed by atoms with Crippen molar-refractivity contribution in [3.05, 3.63) is 35.4 Å². The molecule has 3 N–H and O–H groups in total. The Labute approximate surface area is 119 Å². The fourth-order valence-corrected chi connectivity index (χ4v) is 5.44. The van der Waals surface area contributed by atoms with Gasteiger partial charge in [-0.05, 0) is 17.5 Å². The molecule has 0 aliphatic carbocycles. The lowest BCUT2D eigenvalue weighted by atomic mass is 10.1. The van der Waals surface area contributed by atoms with Crippen LogP contribution in [-0.4, -0.2) is 34.4 Å². The molecule has 1 aliphatic rings. The van der Waals surface area contributed by atoms with Gasteiger partial charge in [-0.15, -0.1) is 0 Å². The minimum atomic E-state index is -3.55. The number of sulfonamides is 1. The van der Waals surface area contributed by atoms with Crippen molar-refractivity contribution in [1.82, 2.24) is 4.72 Å². The number of hydrogen-bond acceptors (Lipinski definition) is 5. The number of rotatable bonds is 5. The van der Waals surface area contributed by atoms with Crippen molar-refractivity contribution < 1.29 is 16.8 Å². The van der Waals surface area contributed by atoms with Gasteiger partial charge in [0.2, 0.25) is 10.0 Å². The van der Waals surface area contributed by atoms with E-state index in [-0.39, 0.29) is 17.3 Å². The van der Waals surface area contributed by atoms with E-state index in [2.05, 4.69) is 4.72 Å². The Kier molecular flexibility index (Phi) is 4.48. The average molecular weight is 318 g/mol. The van der Waals surface area contributed by atoms with E-state index in [4.69, 9.17) is 5.73 Å². The Morgan fingerprint density at radius 2 is 2.00 bits per heavy atom. The highest BCUT2D eigenvalue weighted by Gasteiger charge is 2.30. The second-order valence-electron chi connectivity index (χ2n) is 5.00. The smallest absolute Gasteiger partial charge is 0.216 e. The quantitative estimate of drug-likeness (QED) is 0.779. The molecule has 0 spiro atoms. The maximum absolute atomic E-state index is 12.0. The van der Waals surface area contributed by atoms with Gasteiger partial charge in [-0.2, -0.15) is 0 Å². The van der Waals surface area contributed by atoms with E-state index >= 15 is 0 Å². The first-order chi connectivity index (χ1) is 9.30. The molecular formula is C12H18N2O4S2. The van der Waals surface area contributed by atoms with Gasteiger partial charge >= 0.3 is 0 Å². The largest absolute Gasteiger partial charge is 0.326 e. The summed E-state index contributed by atoms with van der Waals surface area (Å²) in [6, 6.07) is 6.52. The van der Waals surface area contributed by atoms with Gasteiger partial charge < -0.3 is 5.73 Å². The zero-order valence-electron chi connectivity index (χ0n) is 10.9. The number of hydrogen-bond donors (Lipinski definition) is 2. The lowest BCUT2D eigenvalue weighted by Gasteiger charge is -2.12. The number of benzene rings is 1. The summed E-state index contributed by atoms with van der Waals surface area (Å²) in [5.74, 6) is -0.241. The van der Waals surface area contributed by atoms with Crippen LogP contribution in [0.4, 0.5) is 0 Å². The SMILES string of the molecule is NCc1cccc(CS(=O)(=O)NC2CCS(=O)(=O)C2)c1. The molecule has 1 atom stereocenters. The Morgan fingerprint density at radius 3 is 2.60 bits per heavy atom. The molecule has 1 unspecified atom stereocenters. The zero-order chi connectivity index (χ0) is 14.8. The number of nitrogens with one attached hydrogen (secondary N) is 1. The molecule has 0 amide bonds. The highest BCUT2D eigenvalue weighted by atomic mass is 32.2. The summed E-state index contributed by atoms with van der Waals surface area (Å²) in [5, 5.41) is 0. The highest BCUT2D eigenvalue weighted by Crippen LogP contribution is 2.14. The van der Waals surface area contributed by atoms with Gasteiger partial charge in [0.1, 0.15) is 0 Å². The Bertz CT molecular complexity index is 683. The average Bonchev–Trinajstić information content (AvgIpc) is 2.67. The van der Waals surface area contributed by atoms with Crippen molar-refractivity contribution in [3.8, 4) is 0 Å². The number of sulfone groups is 1. The molecule has 0 saturated carbocycles. The van der Waals surface area contributed by atoms with Crippen LogP contribution in [-0.2, 0) is 32.2 Å². The molecule has 0 aromatic heterocycles. The van der Waals surface area contributed by atoms with E-state index in [0.717, 1.165) is 5.56 Å². The molecule has 1 aromatic rings. The van der Waals surface area contributed by atoms with E-state index in [9.17, 15) is 16.8 Å². The molecule has 1 heterocycles. The molecule has 6 nitrogen and oxygen atoms in total. The van der Waals surface area contributed by atoms with E-state index in [1.807, 2.05) is 6.07 Å². The summed E-state index contributed by atoms with van der Waals surface area (Å²) in [6.07, 6.45) is 0.338. The monoisotopic (exact) mass is 318 g/mol. The molecule has 1 fully saturated rings. The fraction of sp³-hybridized carbons (Fsp3) is 0.500. The number of nitrogens with two attached hydrogens (primary N) is 1. The first-order valence-corrected chi connectivity index (χ1v) is 9.75. The van der Waals surface area contributed by atoms with Crippen LogP contribution in [0.3, 0.4) is 0 Å². The molecule has 1 aromatic carbocycles. The van der Waals surface area contributed by atoms with Crippen molar-refractivity contribution in [2.45, 2.75) is 24.8 Å². The van der Waals surface area contributed by atoms with Crippen LogP contribution >= 0.6 is 0 Å². The van der Waals surface area contributed by atoms with Crippen molar-refractivity contribution >= 4 is 19.9 Å². The second kappa shape index (κ2) is 5.80. The zero-order valence-corrected chi connectivity index (χ0v) is 12.6. The standard InChI is InChI=1S/C12H18N2O4S2/c13-7-10-2-1-3-11(6-10)8-20(17,18)14-12-4-5-19(15,16)9-12/h1-3,6,12,14H,4-5,7-9,13H2. The maximum atomic E-state index is 12.0. The summed E-state index contributed by atoms with van der Waals surface area (Å²) >= 11 is 0. The predicted octanol–water partition coefficient (Wildman–Crippen LogP) is -0.248. The van der Waals surface area contributed by atoms with Crippen molar-refractivity contribution in [2.24, 2.45) is 5.73 Å². The highest BCUT2D eigenvalue weighted by molar-refractivity contribution is 7.92. The normalized spacial score (nSPS) is 21.9. The van der Waals surface area contributed by atoms with Gasteiger partial charge in [0.25, 0.3) is 0 Å². The second-order valence-corrected chi connectivity index (χ2v) is 8.98. The van der Waals surface area contributed by atoms with Crippen LogP contribution in [0, 0.1) is 0 Å². The molecule has 1 aliphatic heterocycles. The third kappa shape index (κ3) is 4.27. The minimum absolute atomic E-state index is 0.0445. The molecule has 0 radical (unpaired) electrons. The molecule has 1 saturated heterocycles. The topological polar surface area (TPSA) is 106 Å². The third-order valence-electron chi connectivity index (χ3n) is 3.16. The van der Waals surface area contributed by atoms with Crippen LogP contribution in [0.5, 0.6) is 0 Å². The lowest BCUT2D eigenvalue weighted by molar-refractivity contribution is 0.561. The molecular weight excluding hydrogens is 300 g/mol. The summed E-state index contributed by atoms with van der Waals surface area (Å²) in [5.41, 5.74) is 7.01. The first-order valence-electron chi connectivity index (χ1n) is 6.28. The van der Waals surface area contributed by atoms with E-state index < -0.39 is 25.9 Å². The molecule has 112 valence electrons. The Hall–Kier alpha value is -0.960.